The van der Waals surface area contributed by atoms with Crippen molar-refractivity contribution in [3.63, 3.8) is 0 Å². The van der Waals surface area contributed by atoms with Crippen LogP contribution >= 0.6 is 15.9 Å². The van der Waals surface area contributed by atoms with Crippen molar-refractivity contribution in [3.8, 4) is 0 Å². The summed E-state index contributed by atoms with van der Waals surface area (Å²) in [5.41, 5.74) is 0.289. The summed E-state index contributed by atoms with van der Waals surface area (Å²) in [5, 5.41) is 0. The molecule has 76 valence electrons. The summed E-state index contributed by atoms with van der Waals surface area (Å²) in [6.45, 7) is 3.31. The van der Waals surface area contributed by atoms with Crippen LogP contribution in [0.1, 0.15) is 5.56 Å². The maximum absolute atomic E-state index is 13.0. The van der Waals surface area contributed by atoms with Crippen molar-refractivity contribution < 1.29 is 12.3 Å². The molecule has 0 fully saturated rings. The van der Waals surface area contributed by atoms with E-state index in [1.807, 2.05) is 0 Å². The molecule has 0 N–H and O–H groups in total. The van der Waals surface area contributed by atoms with E-state index < -0.39 is 13.9 Å². The van der Waals surface area contributed by atoms with E-state index in [9.17, 15) is 12.3 Å². The molecule has 0 spiro atoms. The lowest BCUT2D eigenvalue weighted by atomic mass is 10.1. The predicted octanol–water partition coefficient (Wildman–Crippen LogP) is 2.72. The maximum Gasteiger partial charge on any atom is 0.326 e. The van der Waals surface area contributed by atoms with Gasteiger partial charge in [0, 0.05) is 0 Å². The fraction of sp³-hybridized carbons (Fsp3) is 0.111. The van der Waals surface area contributed by atoms with Crippen LogP contribution < -0.4 is 0 Å². The maximum atomic E-state index is 13.0. The summed E-state index contributed by atoms with van der Waals surface area (Å²) in [5.74, 6) is 0. The van der Waals surface area contributed by atoms with E-state index in [1.54, 1.807) is 18.2 Å². The van der Waals surface area contributed by atoms with Gasteiger partial charge in [-0.15, -0.1) is 10.5 Å². The van der Waals surface area contributed by atoms with E-state index >= 15 is 0 Å². The first-order valence-electron chi connectivity index (χ1n) is 3.74. The van der Waals surface area contributed by atoms with Crippen molar-refractivity contribution in [2.24, 2.45) is 0 Å². The topological polar surface area (TPSA) is 34.1 Å². The molecule has 0 aliphatic rings. The van der Waals surface area contributed by atoms with Crippen molar-refractivity contribution in [2.75, 3.05) is 0 Å². The highest BCUT2D eigenvalue weighted by molar-refractivity contribution is 9.11. The molecular formula is C9H8BrFO2S. The van der Waals surface area contributed by atoms with Crippen LogP contribution in [0.2, 0.25) is 0 Å². The van der Waals surface area contributed by atoms with Crippen molar-refractivity contribution >= 4 is 26.2 Å². The van der Waals surface area contributed by atoms with E-state index in [4.69, 9.17) is 0 Å². The normalized spacial score (nSPS) is 15.9. The van der Waals surface area contributed by atoms with Gasteiger partial charge in [0.05, 0.1) is 0 Å². The van der Waals surface area contributed by atoms with E-state index in [1.165, 1.54) is 12.1 Å². The summed E-state index contributed by atoms with van der Waals surface area (Å²) in [6, 6.07) is 7.98. The van der Waals surface area contributed by atoms with Crippen LogP contribution in [-0.4, -0.2) is 8.42 Å². The first kappa shape index (κ1) is 11.4. The Hall–Kier alpha value is -0.680. The molecule has 0 saturated heterocycles. The van der Waals surface area contributed by atoms with Gasteiger partial charge in [-0.25, -0.2) is 0 Å². The van der Waals surface area contributed by atoms with E-state index in [-0.39, 0.29) is 5.56 Å². The lowest BCUT2D eigenvalue weighted by molar-refractivity contribution is 0.541. The van der Waals surface area contributed by atoms with Gasteiger partial charge < -0.3 is 0 Å². The molecule has 0 saturated carbocycles. The van der Waals surface area contributed by atoms with E-state index in [0.29, 0.717) is 0 Å². The lowest BCUT2D eigenvalue weighted by Crippen LogP contribution is -2.23. The zero-order valence-electron chi connectivity index (χ0n) is 7.15. The SMILES string of the molecule is C=CC(Br)(c1ccccc1)S(=O)(=O)F. The first-order valence-corrected chi connectivity index (χ1v) is 5.91. The van der Waals surface area contributed by atoms with Gasteiger partial charge in [-0.3, -0.25) is 0 Å². The molecule has 0 aliphatic heterocycles. The zero-order valence-corrected chi connectivity index (χ0v) is 9.55. The van der Waals surface area contributed by atoms with Gasteiger partial charge in [-0.1, -0.05) is 52.3 Å². The number of benzene rings is 1. The fourth-order valence-electron chi connectivity index (χ4n) is 1.02. The van der Waals surface area contributed by atoms with Gasteiger partial charge in [0.1, 0.15) is 0 Å². The Morgan fingerprint density at radius 1 is 1.36 bits per heavy atom. The Morgan fingerprint density at radius 2 is 1.86 bits per heavy atom. The minimum absolute atomic E-state index is 0.289. The molecule has 1 rings (SSSR count). The average Bonchev–Trinajstić information content (AvgIpc) is 2.16. The number of alkyl halides is 1. The van der Waals surface area contributed by atoms with Crippen LogP contribution in [-0.2, 0) is 13.9 Å². The molecule has 0 heterocycles. The molecule has 0 radical (unpaired) electrons. The molecule has 0 aliphatic carbocycles. The summed E-state index contributed by atoms with van der Waals surface area (Å²) in [4.78, 5) is 0. The zero-order chi connectivity index (χ0) is 10.8. The molecule has 1 atom stereocenters. The molecule has 14 heavy (non-hydrogen) atoms. The quantitative estimate of drug-likeness (QED) is 0.484. The monoisotopic (exact) mass is 278 g/mol. The second-order valence-electron chi connectivity index (χ2n) is 2.65. The van der Waals surface area contributed by atoms with Crippen molar-refractivity contribution in [3.05, 3.63) is 48.6 Å². The second-order valence-corrected chi connectivity index (χ2v) is 5.95. The minimum Gasteiger partial charge on any atom is -0.193 e. The molecule has 1 aromatic carbocycles. The Kier molecular flexibility index (Phi) is 3.11. The summed E-state index contributed by atoms with van der Waals surface area (Å²) < 4.78 is 32.9. The van der Waals surface area contributed by atoms with Crippen molar-refractivity contribution in [2.45, 2.75) is 3.66 Å². The number of hydrogen-bond donors (Lipinski definition) is 0. The van der Waals surface area contributed by atoms with E-state index in [2.05, 4.69) is 22.5 Å². The molecule has 1 aromatic rings. The van der Waals surface area contributed by atoms with Crippen LogP contribution in [0.15, 0.2) is 43.0 Å². The Labute approximate surface area is 90.8 Å². The Morgan fingerprint density at radius 3 is 2.21 bits per heavy atom. The third-order valence-electron chi connectivity index (χ3n) is 1.78. The molecular weight excluding hydrogens is 271 g/mol. The van der Waals surface area contributed by atoms with Crippen LogP contribution in [0.25, 0.3) is 0 Å². The highest BCUT2D eigenvalue weighted by Crippen LogP contribution is 2.39. The van der Waals surface area contributed by atoms with Crippen LogP contribution in [0.3, 0.4) is 0 Å². The molecule has 0 amide bonds. The third kappa shape index (κ3) is 1.88. The highest BCUT2D eigenvalue weighted by atomic mass is 79.9. The summed E-state index contributed by atoms with van der Waals surface area (Å²) in [7, 11) is -4.77. The molecule has 2 nitrogen and oxygen atoms in total. The average molecular weight is 279 g/mol. The predicted molar refractivity (Wildman–Crippen MR) is 57.3 cm³/mol. The number of rotatable bonds is 3. The van der Waals surface area contributed by atoms with Gasteiger partial charge in [-0.2, -0.15) is 8.42 Å². The largest absolute Gasteiger partial charge is 0.326 e. The van der Waals surface area contributed by atoms with Crippen LogP contribution in [0.5, 0.6) is 0 Å². The molecule has 1 unspecified atom stereocenters. The molecule has 5 heteroatoms. The number of hydrogen-bond acceptors (Lipinski definition) is 2. The summed E-state index contributed by atoms with van der Waals surface area (Å²) >= 11 is 2.83. The van der Waals surface area contributed by atoms with Crippen molar-refractivity contribution in [1.29, 1.82) is 0 Å². The lowest BCUT2D eigenvalue weighted by Gasteiger charge is -2.18. The minimum atomic E-state index is -4.77. The van der Waals surface area contributed by atoms with Crippen LogP contribution in [0, 0.1) is 0 Å². The number of halogens is 2. The molecule has 0 bridgehead atoms. The smallest absolute Gasteiger partial charge is 0.193 e. The van der Waals surface area contributed by atoms with Gasteiger partial charge in [0.15, 0.2) is 3.66 Å². The Bertz CT molecular complexity index is 429. The summed E-state index contributed by atoms with van der Waals surface area (Å²) in [6.07, 6.45) is 1.01. The van der Waals surface area contributed by atoms with Gasteiger partial charge in [-0.05, 0) is 5.56 Å². The first-order chi connectivity index (χ1) is 6.42. The highest BCUT2D eigenvalue weighted by Gasteiger charge is 2.40. The standard InChI is InChI=1S/C9H8BrFO2S/c1-2-9(10,14(11,12)13)8-6-4-3-5-7-8/h2-7H,1H2. The van der Waals surface area contributed by atoms with Gasteiger partial charge >= 0.3 is 10.2 Å². The van der Waals surface area contributed by atoms with Crippen LogP contribution in [0.4, 0.5) is 3.89 Å². The Balaban J connectivity index is 3.37. The molecule has 0 aromatic heterocycles. The van der Waals surface area contributed by atoms with E-state index in [0.717, 1.165) is 6.08 Å². The van der Waals surface area contributed by atoms with Gasteiger partial charge in [0.25, 0.3) is 0 Å². The fourth-order valence-corrected chi connectivity index (χ4v) is 1.90. The third-order valence-corrected chi connectivity index (χ3v) is 4.84. The second kappa shape index (κ2) is 3.82. The van der Waals surface area contributed by atoms with Crippen molar-refractivity contribution in [1.82, 2.24) is 0 Å². The van der Waals surface area contributed by atoms with Gasteiger partial charge in [0.2, 0.25) is 0 Å².